The highest BCUT2D eigenvalue weighted by Gasteiger charge is 2.38. The monoisotopic (exact) mass is 354 g/mol. The number of benzene rings is 2. The maximum absolute atomic E-state index is 2.57. The molecule has 0 N–H and O–H groups in total. The van der Waals surface area contributed by atoms with E-state index in [-0.39, 0.29) is 0 Å². The van der Waals surface area contributed by atoms with Gasteiger partial charge in [0.25, 0.3) is 0 Å². The first-order valence-electron chi connectivity index (χ1n) is 10.7. The number of aryl methyl sites for hydroxylation is 4. The van der Waals surface area contributed by atoms with Crippen LogP contribution in [0, 0.1) is 13.8 Å². The molecule has 1 saturated carbocycles. The van der Waals surface area contributed by atoms with Gasteiger partial charge in [-0.3, -0.25) is 0 Å². The van der Waals surface area contributed by atoms with Crippen molar-refractivity contribution in [1.29, 1.82) is 0 Å². The molecule has 0 saturated heterocycles. The molecule has 0 amide bonds. The molecule has 0 aliphatic heterocycles. The summed E-state index contributed by atoms with van der Waals surface area (Å²) in [5, 5.41) is 2.86. The molecule has 1 nitrogen and oxygen atoms in total. The van der Waals surface area contributed by atoms with Crippen molar-refractivity contribution in [3.05, 3.63) is 63.8 Å². The largest absolute Gasteiger partial charge is 0.220 e. The number of rotatable bonds is 1. The Kier molecular flexibility index (Phi) is 3.20. The summed E-state index contributed by atoms with van der Waals surface area (Å²) in [6.07, 6.45) is 8.01. The van der Waals surface area contributed by atoms with Crippen LogP contribution in [0.25, 0.3) is 22.0 Å². The van der Waals surface area contributed by atoms with Gasteiger partial charge in [-0.05, 0) is 103 Å². The summed E-state index contributed by atoms with van der Waals surface area (Å²) in [7, 11) is 2.25. The molecule has 2 bridgehead atoms. The quantitative estimate of drug-likeness (QED) is 0.486. The lowest BCUT2D eigenvalue weighted by atomic mass is 9.86. The Labute approximate surface area is 162 Å². The first-order valence-corrected chi connectivity index (χ1v) is 10.7. The summed E-state index contributed by atoms with van der Waals surface area (Å²) in [5.41, 5.74) is 12.1. The summed E-state index contributed by atoms with van der Waals surface area (Å²) < 4.78 is 2.42. The molecule has 1 heterocycles. The Bertz CT molecular complexity index is 1120. The molecular weight excluding hydrogens is 326 g/mol. The zero-order chi connectivity index (χ0) is 18.3. The molecule has 6 rings (SSSR count). The first-order chi connectivity index (χ1) is 13.1. The van der Waals surface area contributed by atoms with Gasteiger partial charge in [-0.2, -0.15) is 4.57 Å². The lowest BCUT2D eigenvalue weighted by Gasteiger charge is -2.18. The summed E-state index contributed by atoms with van der Waals surface area (Å²) in [4.78, 5) is 0. The number of pyridine rings is 1. The van der Waals surface area contributed by atoms with Crippen LogP contribution in [0.3, 0.4) is 0 Å². The van der Waals surface area contributed by atoms with Gasteiger partial charge < -0.3 is 0 Å². The third kappa shape index (κ3) is 2.15. The molecule has 2 aromatic carbocycles. The molecule has 136 valence electrons. The average Bonchev–Trinajstić information content (AvgIpc) is 3.37. The van der Waals surface area contributed by atoms with Crippen LogP contribution in [0.4, 0.5) is 0 Å². The topological polar surface area (TPSA) is 3.88 Å². The fourth-order valence-electron chi connectivity index (χ4n) is 6.23. The summed E-state index contributed by atoms with van der Waals surface area (Å²) >= 11 is 0. The Morgan fingerprint density at radius 3 is 2.33 bits per heavy atom. The molecule has 0 spiro atoms. The number of hydrogen-bond donors (Lipinski definition) is 0. The molecule has 3 aliphatic rings. The van der Waals surface area contributed by atoms with E-state index in [0.717, 1.165) is 11.8 Å². The van der Waals surface area contributed by atoms with Gasteiger partial charge >= 0.3 is 0 Å². The molecule has 2 atom stereocenters. The highest BCUT2D eigenvalue weighted by atomic mass is 14.9. The molecule has 27 heavy (non-hydrogen) atoms. The van der Waals surface area contributed by atoms with E-state index in [0.29, 0.717) is 0 Å². The summed E-state index contributed by atoms with van der Waals surface area (Å²) in [5.74, 6) is 1.65. The number of fused-ring (bicyclic) bond motifs is 7. The van der Waals surface area contributed by atoms with Crippen LogP contribution in [0.2, 0.25) is 0 Å². The van der Waals surface area contributed by atoms with Crippen molar-refractivity contribution < 1.29 is 4.57 Å². The maximum Gasteiger partial charge on any atom is 0.220 e. The third-order valence-corrected chi connectivity index (χ3v) is 7.75. The molecule has 0 radical (unpaired) electrons. The van der Waals surface area contributed by atoms with Crippen molar-refractivity contribution in [3.8, 4) is 11.3 Å². The van der Waals surface area contributed by atoms with E-state index < -0.39 is 0 Å². The van der Waals surface area contributed by atoms with Crippen molar-refractivity contribution in [2.75, 3.05) is 0 Å². The molecule has 2 unspecified atom stereocenters. The van der Waals surface area contributed by atoms with Crippen molar-refractivity contribution in [1.82, 2.24) is 0 Å². The van der Waals surface area contributed by atoms with Crippen molar-refractivity contribution in [2.24, 2.45) is 7.05 Å². The molecular formula is C26H28N+. The second-order valence-electron chi connectivity index (χ2n) is 9.26. The number of aromatic nitrogens is 1. The summed E-state index contributed by atoms with van der Waals surface area (Å²) in [6, 6.07) is 12.4. The highest BCUT2D eigenvalue weighted by Crippen LogP contribution is 2.54. The van der Waals surface area contributed by atoms with Crippen LogP contribution in [0.1, 0.15) is 71.0 Å². The van der Waals surface area contributed by atoms with E-state index in [9.17, 15) is 0 Å². The minimum atomic E-state index is 0.815. The lowest BCUT2D eigenvalue weighted by molar-refractivity contribution is -0.665. The van der Waals surface area contributed by atoms with Crippen LogP contribution in [0.15, 0.2) is 30.3 Å². The van der Waals surface area contributed by atoms with Gasteiger partial charge in [-0.15, -0.1) is 0 Å². The van der Waals surface area contributed by atoms with Gasteiger partial charge in [0.1, 0.15) is 7.05 Å². The first kappa shape index (κ1) is 15.9. The minimum Gasteiger partial charge on any atom is -0.198 e. The van der Waals surface area contributed by atoms with E-state index in [1.807, 2.05) is 0 Å². The fraction of sp³-hybridized carbons (Fsp3) is 0.423. The predicted molar refractivity (Wildman–Crippen MR) is 111 cm³/mol. The zero-order valence-electron chi connectivity index (χ0n) is 16.7. The Morgan fingerprint density at radius 1 is 0.852 bits per heavy atom. The molecule has 1 heteroatoms. The van der Waals surface area contributed by atoms with Crippen molar-refractivity contribution in [2.45, 2.75) is 64.2 Å². The number of nitrogens with zero attached hydrogens (tertiary/aromatic N) is 1. The van der Waals surface area contributed by atoms with Crippen LogP contribution in [-0.4, -0.2) is 0 Å². The Hall–Kier alpha value is -2.15. The fourth-order valence-corrected chi connectivity index (χ4v) is 6.23. The second-order valence-corrected chi connectivity index (χ2v) is 9.26. The molecule has 1 fully saturated rings. The second kappa shape index (κ2) is 5.44. The van der Waals surface area contributed by atoms with Crippen molar-refractivity contribution in [3.63, 3.8) is 0 Å². The SMILES string of the molecule is Cc1cc2c(cc1-c1c3cc4c(cc3cc(C)[n+]1C)CCC4)C1CCC2C1. The molecule has 3 aliphatic carbocycles. The van der Waals surface area contributed by atoms with Crippen LogP contribution in [0.5, 0.6) is 0 Å². The van der Waals surface area contributed by atoms with Gasteiger partial charge in [0.15, 0.2) is 5.69 Å². The smallest absolute Gasteiger partial charge is 0.198 e. The Balaban J connectivity index is 1.66. The maximum atomic E-state index is 2.57. The van der Waals surface area contributed by atoms with Crippen LogP contribution in [-0.2, 0) is 19.9 Å². The van der Waals surface area contributed by atoms with E-state index >= 15 is 0 Å². The van der Waals surface area contributed by atoms with E-state index in [2.05, 4.69) is 55.8 Å². The Morgan fingerprint density at radius 2 is 1.56 bits per heavy atom. The van der Waals surface area contributed by atoms with Gasteiger partial charge in [-0.25, -0.2) is 0 Å². The average molecular weight is 355 g/mol. The minimum absolute atomic E-state index is 0.815. The van der Waals surface area contributed by atoms with Crippen LogP contribution >= 0.6 is 0 Å². The van der Waals surface area contributed by atoms with Gasteiger partial charge in [0, 0.05) is 13.0 Å². The standard InChI is InChI=1S/C26H28N/c1-15-9-23-19-7-8-20(12-19)24(23)14-22(15)26-25-13-18-6-4-5-17(18)11-21(25)10-16(2)27(26)3/h9-11,13-14,19-20H,4-8,12H2,1-3H3/q+1. The molecule has 1 aromatic heterocycles. The summed E-state index contributed by atoms with van der Waals surface area (Å²) in [6.45, 7) is 4.57. The van der Waals surface area contributed by atoms with E-state index in [1.54, 1.807) is 22.3 Å². The van der Waals surface area contributed by atoms with Crippen molar-refractivity contribution >= 4 is 10.8 Å². The number of hydrogen-bond acceptors (Lipinski definition) is 0. The predicted octanol–water partition coefficient (Wildman–Crippen LogP) is 5.80. The molecule has 3 aromatic rings. The van der Waals surface area contributed by atoms with Gasteiger partial charge in [-0.1, -0.05) is 12.1 Å². The van der Waals surface area contributed by atoms with E-state index in [1.165, 1.54) is 71.8 Å². The van der Waals surface area contributed by atoms with Gasteiger partial charge in [0.05, 0.1) is 10.9 Å². The lowest BCUT2D eigenvalue weighted by Crippen LogP contribution is -2.35. The zero-order valence-corrected chi connectivity index (χ0v) is 16.7. The van der Waals surface area contributed by atoms with Crippen LogP contribution < -0.4 is 4.57 Å². The highest BCUT2D eigenvalue weighted by molar-refractivity contribution is 5.95. The van der Waals surface area contributed by atoms with Gasteiger partial charge in [0.2, 0.25) is 5.69 Å². The third-order valence-electron chi connectivity index (χ3n) is 7.75. The normalized spacial score (nSPS) is 22.5. The van der Waals surface area contributed by atoms with E-state index in [4.69, 9.17) is 0 Å².